The quantitative estimate of drug-likeness (QED) is 0.517. The number of nitrogens with zero attached hydrogens (tertiary/aromatic N) is 1. The second-order valence-electron chi connectivity index (χ2n) is 4.86. The first-order valence-corrected chi connectivity index (χ1v) is 9.14. The molecule has 1 aromatic carbocycles. The zero-order valence-electron chi connectivity index (χ0n) is 12.5. The molecule has 116 valence electrons. The van der Waals surface area contributed by atoms with Crippen molar-refractivity contribution in [3.63, 3.8) is 0 Å². The summed E-state index contributed by atoms with van der Waals surface area (Å²) in [5.41, 5.74) is 2.34. The van der Waals surface area contributed by atoms with Crippen LogP contribution in [0.3, 0.4) is 0 Å². The van der Waals surface area contributed by atoms with Crippen molar-refractivity contribution in [1.29, 1.82) is 0 Å². The van der Waals surface area contributed by atoms with E-state index in [0.717, 1.165) is 22.4 Å². The summed E-state index contributed by atoms with van der Waals surface area (Å²) in [6, 6.07) is 12.6. The predicted molar refractivity (Wildman–Crippen MR) is 105 cm³/mol. The molecule has 0 saturated heterocycles. The molecule has 22 heavy (non-hydrogen) atoms. The number of anilines is 1. The highest BCUT2D eigenvalue weighted by Gasteiger charge is 2.10. The molecule has 0 unspecified atom stereocenters. The molecule has 1 aromatic heterocycles. The van der Waals surface area contributed by atoms with Crippen molar-refractivity contribution in [3.8, 4) is 0 Å². The Morgan fingerprint density at radius 1 is 1.32 bits per heavy atom. The number of hydrogen-bond donors (Lipinski definition) is 1. The number of thiophene rings is 1. The molecule has 0 radical (unpaired) electrons. The van der Waals surface area contributed by atoms with E-state index in [0.29, 0.717) is 11.7 Å². The first kappa shape index (κ1) is 17.2. The largest absolute Gasteiger partial charge is 0.340 e. The molecule has 0 saturated carbocycles. The van der Waals surface area contributed by atoms with Crippen molar-refractivity contribution >= 4 is 50.3 Å². The van der Waals surface area contributed by atoms with Crippen molar-refractivity contribution in [2.24, 2.45) is 0 Å². The van der Waals surface area contributed by atoms with Crippen molar-refractivity contribution in [3.05, 3.63) is 63.3 Å². The van der Waals surface area contributed by atoms with Gasteiger partial charge in [0.05, 0.1) is 10.3 Å². The van der Waals surface area contributed by atoms with Gasteiger partial charge in [0.2, 0.25) is 0 Å². The Hall–Kier alpha value is -1.17. The highest BCUT2D eigenvalue weighted by Crippen LogP contribution is 2.23. The van der Waals surface area contributed by atoms with Crippen molar-refractivity contribution < 1.29 is 0 Å². The topological polar surface area (TPSA) is 15.3 Å². The Labute approximate surface area is 150 Å². The summed E-state index contributed by atoms with van der Waals surface area (Å²) in [4.78, 5) is 3.37. The smallest absolute Gasteiger partial charge is 0.174 e. The third kappa shape index (κ3) is 4.93. The average Bonchev–Trinajstić information content (AvgIpc) is 2.93. The van der Waals surface area contributed by atoms with E-state index in [1.165, 1.54) is 10.4 Å². The van der Waals surface area contributed by atoms with E-state index >= 15 is 0 Å². The van der Waals surface area contributed by atoms with E-state index in [1.807, 2.05) is 6.08 Å². The monoisotopic (exact) mass is 394 g/mol. The Balaban J connectivity index is 2.03. The SMILES string of the molecule is C=CCN(Cc1ccc(Br)s1)C(=S)Nc1ccc(CC)cc1. The van der Waals surface area contributed by atoms with Crippen LogP contribution in [0.4, 0.5) is 5.69 Å². The first-order valence-electron chi connectivity index (χ1n) is 7.12. The molecule has 0 spiro atoms. The van der Waals surface area contributed by atoms with Gasteiger partial charge in [-0.1, -0.05) is 25.1 Å². The second-order valence-corrected chi connectivity index (χ2v) is 7.79. The van der Waals surface area contributed by atoms with Gasteiger partial charge < -0.3 is 10.2 Å². The summed E-state index contributed by atoms with van der Waals surface area (Å²) in [7, 11) is 0. The lowest BCUT2D eigenvalue weighted by Crippen LogP contribution is -2.34. The van der Waals surface area contributed by atoms with Crippen LogP contribution in [-0.4, -0.2) is 16.6 Å². The number of hydrogen-bond acceptors (Lipinski definition) is 2. The van der Waals surface area contributed by atoms with Crippen LogP contribution in [0.1, 0.15) is 17.4 Å². The number of halogens is 1. The number of nitrogens with one attached hydrogen (secondary N) is 1. The van der Waals surface area contributed by atoms with E-state index < -0.39 is 0 Å². The minimum absolute atomic E-state index is 0.716. The maximum absolute atomic E-state index is 5.55. The zero-order chi connectivity index (χ0) is 15.9. The first-order chi connectivity index (χ1) is 10.6. The molecule has 0 aliphatic rings. The molecule has 0 aliphatic carbocycles. The standard InChI is InChI=1S/C17H19BrN2S2/c1-3-11-20(12-15-9-10-16(18)22-15)17(21)19-14-7-5-13(4-2)6-8-14/h3,5-10H,1,4,11-12H2,2H3,(H,19,21). The Morgan fingerprint density at radius 2 is 2.05 bits per heavy atom. The normalized spacial score (nSPS) is 10.3. The maximum Gasteiger partial charge on any atom is 0.174 e. The van der Waals surface area contributed by atoms with Gasteiger partial charge in [-0.15, -0.1) is 17.9 Å². The Kier molecular flexibility index (Phi) is 6.61. The van der Waals surface area contributed by atoms with E-state index in [1.54, 1.807) is 11.3 Å². The molecule has 0 bridgehead atoms. The molecule has 2 rings (SSSR count). The lowest BCUT2D eigenvalue weighted by Gasteiger charge is -2.24. The molecular formula is C17H19BrN2S2. The van der Waals surface area contributed by atoms with Gasteiger partial charge in [0.1, 0.15) is 0 Å². The van der Waals surface area contributed by atoms with Crippen molar-refractivity contribution in [1.82, 2.24) is 4.90 Å². The summed E-state index contributed by atoms with van der Waals surface area (Å²) >= 11 is 10.8. The van der Waals surface area contributed by atoms with Crippen LogP contribution in [0.15, 0.2) is 52.8 Å². The van der Waals surface area contributed by atoms with Crippen molar-refractivity contribution in [2.45, 2.75) is 19.9 Å². The average molecular weight is 395 g/mol. The molecule has 0 aliphatic heterocycles. The highest BCUT2D eigenvalue weighted by molar-refractivity contribution is 9.11. The van der Waals surface area contributed by atoms with Crippen LogP contribution in [0.2, 0.25) is 0 Å². The number of aryl methyl sites for hydroxylation is 1. The van der Waals surface area contributed by atoms with E-state index in [-0.39, 0.29) is 0 Å². The maximum atomic E-state index is 5.55. The lowest BCUT2D eigenvalue weighted by atomic mass is 10.1. The highest BCUT2D eigenvalue weighted by atomic mass is 79.9. The molecule has 5 heteroatoms. The summed E-state index contributed by atoms with van der Waals surface area (Å²) in [6.07, 6.45) is 2.91. The minimum Gasteiger partial charge on any atom is -0.340 e. The van der Waals surface area contributed by atoms with Crippen LogP contribution < -0.4 is 5.32 Å². The third-order valence-electron chi connectivity index (χ3n) is 3.23. The fraction of sp³-hybridized carbons (Fsp3) is 0.235. The lowest BCUT2D eigenvalue weighted by molar-refractivity contribution is 0.468. The molecule has 2 nitrogen and oxygen atoms in total. The van der Waals surface area contributed by atoms with Gasteiger partial charge in [0.25, 0.3) is 0 Å². The summed E-state index contributed by atoms with van der Waals surface area (Å²) in [5.74, 6) is 0. The third-order valence-corrected chi connectivity index (χ3v) is 5.19. The van der Waals surface area contributed by atoms with Crippen LogP contribution in [0.25, 0.3) is 0 Å². The van der Waals surface area contributed by atoms with Gasteiger partial charge in [-0.25, -0.2) is 0 Å². The van der Waals surface area contributed by atoms with Gasteiger partial charge >= 0.3 is 0 Å². The zero-order valence-corrected chi connectivity index (χ0v) is 15.7. The van der Waals surface area contributed by atoms with Gasteiger partial charge in [-0.3, -0.25) is 0 Å². The predicted octanol–water partition coefficient (Wildman–Crippen LogP) is 5.46. The van der Waals surface area contributed by atoms with Gasteiger partial charge in [-0.2, -0.15) is 0 Å². The van der Waals surface area contributed by atoms with Crippen LogP contribution >= 0.6 is 39.5 Å². The van der Waals surface area contributed by atoms with Gasteiger partial charge in [0, 0.05) is 17.1 Å². The molecule has 0 amide bonds. The number of rotatable bonds is 6. The minimum atomic E-state index is 0.716. The van der Waals surface area contributed by atoms with E-state index in [4.69, 9.17) is 12.2 Å². The number of thiocarbonyl (C=S) groups is 1. The van der Waals surface area contributed by atoms with Crippen LogP contribution in [0, 0.1) is 0 Å². The Morgan fingerprint density at radius 3 is 2.59 bits per heavy atom. The fourth-order valence-electron chi connectivity index (χ4n) is 2.03. The Bertz CT molecular complexity index is 634. The number of benzene rings is 1. The van der Waals surface area contributed by atoms with Crippen LogP contribution in [0.5, 0.6) is 0 Å². The summed E-state index contributed by atoms with van der Waals surface area (Å²) in [6.45, 7) is 7.47. The van der Waals surface area contributed by atoms with Crippen molar-refractivity contribution in [2.75, 3.05) is 11.9 Å². The molecule has 2 aromatic rings. The molecule has 0 fully saturated rings. The molecule has 0 atom stereocenters. The summed E-state index contributed by atoms with van der Waals surface area (Å²) < 4.78 is 1.13. The molecule has 1 heterocycles. The second kappa shape index (κ2) is 8.46. The van der Waals surface area contributed by atoms with Crippen LogP contribution in [-0.2, 0) is 13.0 Å². The van der Waals surface area contributed by atoms with Gasteiger partial charge in [-0.05, 0) is 64.4 Å². The fourth-order valence-corrected chi connectivity index (χ4v) is 3.78. The van der Waals surface area contributed by atoms with E-state index in [9.17, 15) is 0 Å². The molecule has 1 N–H and O–H groups in total. The van der Waals surface area contributed by atoms with E-state index in [2.05, 4.69) is 76.0 Å². The summed E-state index contributed by atoms with van der Waals surface area (Å²) in [5, 5.41) is 4.02. The molecular weight excluding hydrogens is 376 g/mol. The van der Waals surface area contributed by atoms with Gasteiger partial charge in [0.15, 0.2) is 5.11 Å².